The molecule has 5 nitrogen and oxygen atoms in total. The summed E-state index contributed by atoms with van der Waals surface area (Å²) >= 11 is 0. The molecule has 0 spiro atoms. The van der Waals surface area contributed by atoms with E-state index < -0.39 is 11.5 Å². The second-order valence-corrected chi connectivity index (χ2v) is 6.52. The van der Waals surface area contributed by atoms with E-state index in [9.17, 15) is 9.59 Å². The molecule has 1 N–H and O–H groups in total. The fraction of sp³-hybridized carbons (Fsp3) is 0.250. The minimum atomic E-state index is -0.493. The number of nitrogens with one attached hydrogen (secondary N) is 1. The quantitative estimate of drug-likeness (QED) is 0.780. The molecule has 0 aliphatic rings. The number of benzene rings is 2. The Morgan fingerprint density at radius 3 is 2.36 bits per heavy atom. The summed E-state index contributed by atoms with van der Waals surface area (Å²) in [6.45, 7) is 7.88. The molecule has 0 aliphatic heterocycles. The van der Waals surface area contributed by atoms with E-state index in [-0.39, 0.29) is 5.69 Å². The van der Waals surface area contributed by atoms with Crippen molar-refractivity contribution in [3.63, 3.8) is 0 Å². The van der Waals surface area contributed by atoms with Crippen molar-refractivity contribution in [3.05, 3.63) is 68.6 Å². The van der Waals surface area contributed by atoms with Crippen LogP contribution in [-0.4, -0.2) is 15.5 Å². The number of amides is 1. The summed E-state index contributed by atoms with van der Waals surface area (Å²) in [4.78, 5) is 29.6. The first-order valence-corrected chi connectivity index (χ1v) is 8.14. The molecule has 128 valence electrons. The third kappa shape index (κ3) is 3.05. The van der Waals surface area contributed by atoms with Crippen LogP contribution in [0.5, 0.6) is 0 Å². The van der Waals surface area contributed by atoms with Crippen molar-refractivity contribution < 1.29 is 4.79 Å². The smallest absolute Gasteiger partial charge is 0.282 e. The third-order valence-corrected chi connectivity index (χ3v) is 4.54. The minimum absolute atomic E-state index is 0.0989. The van der Waals surface area contributed by atoms with Gasteiger partial charge < -0.3 is 9.88 Å². The lowest BCUT2D eigenvalue weighted by atomic mass is 10.1. The number of anilines is 1. The number of nitrogens with zero attached hydrogens (tertiary/aromatic N) is 2. The fourth-order valence-electron chi connectivity index (χ4n) is 2.86. The van der Waals surface area contributed by atoms with Gasteiger partial charge in [-0.3, -0.25) is 9.59 Å². The van der Waals surface area contributed by atoms with Crippen molar-refractivity contribution in [2.24, 2.45) is 7.05 Å². The van der Waals surface area contributed by atoms with Crippen LogP contribution in [-0.2, 0) is 7.05 Å². The van der Waals surface area contributed by atoms with Crippen LogP contribution in [0.2, 0.25) is 0 Å². The van der Waals surface area contributed by atoms with Crippen molar-refractivity contribution >= 4 is 22.6 Å². The lowest BCUT2D eigenvalue weighted by Crippen LogP contribution is -2.30. The molecule has 0 saturated carbocycles. The van der Waals surface area contributed by atoms with Crippen molar-refractivity contribution in [1.29, 1.82) is 0 Å². The first-order chi connectivity index (χ1) is 11.8. The van der Waals surface area contributed by atoms with E-state index >= 15 is 0 Å². The van der Waals surface area contributed by atoms with Gasteiger partial charge in [-0.15, -0.1) is 0 Å². The van der Waals surface area contributed by atoms with Crippen LogP contribution in [0.3, 0.4) is 0 Å². The number of carbonyl (C=O) groups is 1. The molecule has 1 heterocycles. The maximum absolute atomic E-state index is 12.6. The lowest BCUT2D eigenvalue weighted by molar-refractivity contribution is 0.102. The molecule has 0 bridgehead atoms. The minimum Gasteiger partial charge on any atom is -0.320 e. The second kappa shape index (κ2) is 6.16. The van der Waals surface area contributed by atoms with E-state index in [4.69, 9.17) is 0 Å². The Balaban J connectivity index is 2.08. The molecule has 0 unspecified atom stereocenters. The molecule has 0 aliphatic carbocycles. The highest BCUT2D eigenvalue weighted by molar-refractivity contribution is 6.04. The molecule has 3 rings (SSSR count). The largest absolute Gasteiger partial charge is 0.320 e. The van der Waals surface area contributed by atoms with Gasteiger partial charge in [0.15, 0.2) is 5.69 Å². The number of hydrogen-bond donors (Lipinski definition) is 1. The van der Waals surface area contributed by atoms with Crippen molar-refractivity contribution in [2.45, 2.75) is 27.7 Å². The number of hydrogen-bond acceptors (Lipinski definition) is 3. The van der Waals surface area contributed by atoms with Crippen LogP contribution < -0.4 is 10.9 Å². The molecule has 0 fully saturated rings. The Morgan fingerprint density at radius 1 is 1.00 bits per heavy atom. The maximum atomic E-state index is 12.6. The van der Waals surface area contributed by atoms with Crippen LogP contribution in [0.4, 0.5) is 5.69 Å². The van der Waals surface area contributed by atoms with Gasteiger partial charge in [-0.05, 0) is 62.6 Å². The molecule has 1 aromatic heterocycles. The Bertz CT molecular complexity index is 1060. The maximum Gasteiger partial charge on any atom is 0.282 e. The zero-order valence-corrected chi connectivity index (χ0v) is 15.1. The predicted octanol–water partition coefficient (Wildman–Crippen LogP) is 3.42. The summed E-state index contributed by atoms with van der Waals surface area (Å²) in [6.07, 6.45) is 0. The molecule has 0 atom stereocenters. The summed E-state index contributed by atoms with van der Waals surface area (Å²) in [6, 6.07) is 9.55. The summed E-state index contributed by atoms with van der Waals surface area (Å²) < 4.78 is 1.48. The van der Waals surface area contributed by atoms with Crippen molar-refractivity contribution in [1.82, 2.24) is 9.55 Å². The molecular weight excluding hydrogens is 314 g/mol. The second-order valence-electron chi connectivity index (χ2n) is 6.52. The molecule has 1 amide bonds. The van der Waals surface area contributed by atoms with Gasteiger partial charge in [0, 0.05) is 12.7 Å². The monoisotopic (exact) mass is 335 g/mol. The van der Waals surface area contributed by atoms with Gasteiger partial charge in [0.2, 0.25) is 0 Å². The van der Waals surface area contributed by atoms with Crippen LogP contribution in [0.25, 0.3) is 11.0 Å². The first-order valence-electron chi connectivity index (χ1n) is 8.14. The molecule has 2 aromatic carbocycles. The SMILES string of the molecule is Cc1ccc(NC(=O)c2nc3cc(C)c(C)cc3n(C)c2=O)c(C)c1. The van der Waals surface area contributed by atoms with E-state index in [1.807, 2.05) is 58.0 Å². The van der Waals surface area contributed by atoms with Gasteiger partial charge in [0.1, 0.15) is 0 Å². The lowest BCUT2D eigenvalue weighted by Gasteiger charge is -2.12. The number of carbonyl (C=O) groups excluding carboxylic acids is 1. The topological polar surface area (TPSA) is 64.0 Å². The summed E-state index contributed by atoms with van der Waals surface area (Å²) in [5, 5.41) is 2.80. The van der Waals surface area contributed by atoms with Crippen molar-refractivity contribution in [3.8, 4) is 0 Å². The molecule has 5 heteroatoms. The first kappa shape index (κ1) is 16.9. The van der Waals surface area contributed by atoms with Crippen molar-refractivity contribution in [2.75, 3.05) is 5.32 Å². The highest BCUT2D eigenvalue weighted by atomic mass is 16.2. The summed E-state index contributed by atoms with van der Waals surface area (Å²) in [5.74, 6) is -0.493. The summed E-state index contributed by atoms with van der Waals surface area (Å²) in [5.41, 5.74) is 5.73. The van der Waals surface area contributed by atoms with Gasteiger partial charge in [-0.25, -0.2) is 4.98 Å². The van der Waals surface area contributed by atoms with Gasteiger partial charge in [-0.2, -0.15) is 0 Å². The highest BCUT2D eigenvalue weighted by Crippen LogP contribution is 2.18. The number of aromatic nitrogens is 2. The Labute approximate surface area is 146 Å². The molecule has 25 heavy (non-hydrogen) atoms. The predicted molar refractivity (Wildman–Crippen MR) is 100 cm³/mol. The van der Waals surface area contributed by atoms with Gasteiger partial charge in [0.25, 0.3) is 11.5 Å². The molecule has 0 saturated heterocycles. The van der Waals surface area contributed by atoms with Crippen LogP contribution >= 0.6 is 0 Å². The normalized spacial score (nSPS) is 10.9. The number of aryl methyl sites for hydroxylation is 5. The van der Waals surface area contributed by atoms with Gasteiger partial charge >= 0.3 is 0 Å². The van der Waals surface area contributed by atoms with E-state index in [2.05, 4.69) is 10.3 Å². The van der Waals surface area contributed by atoms with Gasteiger partial charge in [-0.1, -0.05) is 17.7 Å². The Morgan fingerprint density at radius 2 is 1.68 bits per heavy atom. The highest BCUT2D eigenvalue weighted by Gasteiger charge is 2.17. The van der Waals surface area contributed by atoms with Crippen LogP contribution in [0.1, 0.15) is 32.7 Å². The van der Waals surface area contributed by atoms with E-state index in [0.717, 1.165) is 27.8 Å². The average molecular weight is 335 g/mol. The van der Waals surface area contributed by atoms with Gasteiger partial charge in [0.05, 0.1) is 11.0 Å². The Kier molecular flexibility index (Phi) is 4.17. The molecular formula is C20H21N3O2. The fourth-order valence-corrected chi connectivity index (χ4v) is 2.86. The zero-order valence-electron chi connectivity index (χ0n) is 15.1. The molecule has 3 aromatic rings. The van der Waals surface area contributed by atoms with E-state index in [1.54, 1.807) is 7.05 Å². The average Bonchev–Trinajstić information content (AvgIpc) is 2.55. The number of rotatable bonds is 2. The summed E-state index contributed by atoms with van der Waals surface area (Å²) in [7, 11) is 1.66. The molecule has 0 radical (unpaired) electrons. The van der Waals surface area contributed by atoms with E-state index in [1.165, 1.54) is 4.57 Å². The van der Waals surface area contributed by atoms with Crippen LogP contribution in [0.15, 0.2) is 35.1 Å². The Hall–Kier alpha value is -2.95. The van der Waals surface area contributed by atoms with Crippen LogP contribution in [0, 0.1) is 27.7 Å². The van der Waals surface area contributed by atoms with E-state index in [0.29, 0.717) is 11.2 Å². The third-order valence-electron chi connectivity index (χ3n) is 4.54. The number of fused-ring (bicyclic) bond motifs is 1. The zero-order chi connectivity index (χ0) is 18.3. The standard InChI is InChI=1S/C20H21N3O2/c1-11-6-7-15(14(4)8-11)22-19(24)18-20(25)23(5)17-10-13(3)12(2)9-16(17)21-18/h6-10H,1-5H3,(H,22,24).